The minimum Gasteiger partial charge on any atom is -0.267 e. The van der Waals surface area contributed by atoms with E-state index in [4.69, 9.17) is 11.6 Å². The van der Waals surface area contributed by atoms with E-state index in [-0.39, 0.29) is 11.3 Å². The summed E-state index contributed by atoms with van der Waals surface area (Å²) in [4.78, 5) is 33.4. The molecular weight excluding hydrogens is 376 g/mol. The van der Waals surface area contributed by atoms with Crippen LogP contribution in [-0.2, 0) is 4.79 Å². The maximum absolute atomic E-state index is 12.7. The topological polar surface area (TPSA) is 119 Å². The van der Waals surface area contributed by atoms with Gasteiger partial charge >= 0.3 is 5.69 Å². The van der Waals surface area contributed by atoms with Crippen molar-refractivity contribution >= 4 is 46.4 Å². The van der Waals surface area contributed by atoms with Gasteiger partial charge in [0, 0.05) is 11.1 Å². The number of benzene rings is 2. The molecule has 0 aromatic heterocycles. The number of carbonyl (C=O) groups is 1. The van der Waals surface area contributed by atoms with E-state index in [9.17, 15) is 25.0 Å². The van der Waals surface area contributed by atoms with Crippen LogP contribution in [0, 0.1) is 20.2 Å². The number of nitro groups is 2. The normalized spacial score (nSPS) is 15.2. The molecule has 2 aromatic carbocycles. The van der Waals surface area contributed by atoms with Gasteiger partial charge < -0.3 is 0 Å². The minimum absolute atomic E-state index is 0.144. The fourth-order valence-electron chi connectivity index (χ4n) is 2.52. The molecule has 3 rings (SSSR count). The molecule has 10 heteroatoms. The first-order chi connectivity index (χ1) is 12.8. The lowest BCUT2D eigenvalue weighted by Gasteiger charge is -2.11. The van der Waals surface area contributed by atoms with Gasteiger partial charge in [-0.3, -0.25) is 25.0 Å². The lowest BCUT2D eigenvalue weighted by molar-refractivity contribution is -0.393. The first-order valence-electron chi connectivity index (χ1n) is 7.58. The fourth-order valence-corrected chi connectivity index (χ4v) is 2.65. The van der Waals surface area contributed by atoms with Crippen LogP contribution in [0.4, 0.5) is 17.1 Å². The molecule has 0 saturated heterocycles. The standard InChI is InChI=1S/C17H11ClN4O5/c1-10-14(8-11-2-4-12(18)5-3-11)17(23)20(19-10)15-7-6-13(21(24)25)9-16(15)22(26)27/h2-9H,1H3/b14-8-. The van der Waals surface area contributed by atoms with Gasteiger partial charge in [0.05, 0.1) is 27.2 Å². The number of hydrogen-bond donors (Lipinski definition) is 0. The zero-order valence-electron chi connectivity index (χ0n) is 13.8. The summed E-state index contributed by atoms with van der Waals surface area (Å²) in [6, 6.07) is 9.78. The summed E-state index contributed by atoms with van der Waals surface area (Å²) in [6.07, 6.45) is 1.59. The van der Waals surface area contributed by atoms with E-state index in [0.29, 0.717) is 16.3 Å². The number of nitrogens with zero attached hydrogens (tertiary/aromatic N) is 4. The van der Waals surface area contributed by atoms with E-state index in [1.165, 1.54) is 0 Å². The summed E-state index contributed by atoms with van der Waals surface area (Å²) in [5, 5.41) is 27.7. The second kappa shape index (κ2) is 6.96. The monoisotopic (exact) mass is 386 g/mol. The third kappa shape index (κ3) is 3.53. The van der Waals surface area contributed by atoms with E-state index in [0.717, 1.165) is 23.2 Å². The molecule has 0 fully saturated rings. The molecule has 136 valence electrons. The molecule has 0 spiro atoms. The molecule has 1 amide bonds. The molecule has 1 aliphatic rings. The van der Waals surface area contributed by atoms with Crippen LogP contribution >= 0.6 is 11.6 Å². The molecule has 1 heterocycles. The second-order valence-electron chi connectivity index (χ2n) is 5.60. The molecule has 0 N–H and O–H groups in total. The molecule has 1 aliphatic heterocycles. The van der Waals surface area contributed by atoms with Gasteiger partial charge in [0.1, 0.15) is 5.69 Å². The Bertz CT molecular complexity index is 1030. The van der Waals surface area contributed by atoms with Crippen LogP contribution in [0.25, 0.3) is 6.08 Å². The van der Waals surface area contributed by atoms with Crippen molar-refractivity contribution in [1.29, 1.82) is 0 Å². The highest BCUT2D eigenvalue weighted by atomic mass is 35.5. The lowest BCUT2D eigenvalue weighted by atomic mass is 10.1. The average molecular weight is 387 g/mol. The SMILES string of the molecule is CC1=NN(c2ccc([N+](=O)[O-])cc2[N+](=O)[O-])C(=O)/C1=C\c1ccc(Cl)cc1. The van der Waals surface area contributed by atoms with Crippen molar-refractivity contribution in [3.05, 3.63) is 78.9 Å². The maximum Gasteiger partial charge on any atom is 0.301 e. The minimum atomic E-state index is -0.790. The van der Waals surface area contributed by atoms with Crippen molar-refractivity contribution in [1.82, 2.24) is 0 Å². The van der Waals surface area contributed by atoms with E-state index in [1.54, 1.807) is 37.3 Å². The number of rotatable bonds is 4. The van der Waals surface area contributed by atoms with Crippen molar-refractivity contribution in [2.45, 2.75) is 6.92 Å². The molecule has 27 heavy (non-hydrogen) atoms. The Morgan fingerprint density at radius 1 is 1.07 bits per heavy atom. The Hall–Kier alpha value is -3.59. The van der Waals surface area contributed by atoms with Crippen LogP contribution in [0.2, 0.25) is 5.02 Å². The van der Waals surface area contributed by atoms with Gasteiger partial charge in [0.15, 0.2) is 0 Å². The second-order valence-corrected chi connectivity index (χ2v) is 6.04. The number of halogens is 1. The fraction of sp³-hybridized carbons (Fsp3) is 0.0588. The van der Waals surface area contributed by atoms with E-state index in [2.05, 4.69) is 5.10 Å². The molecular formula is C17H11ClN4O5. The molecule has 9 nitrogen and oxygen atoms in total. The predicted molar refractivity (Wildman–Crippen MR) is 99.8 cm³/mol. The molecule has 0 aliphatic carbocycles. The van der Waals surface area contributed by atoms with Gasteiger partial charge in [-0.15, -0.1) is 0 Å². The number of nitro benzene ring substituents is 2. The zero-order valence-corrected chi connectivity index (χ0v) is 14.6. The summed E-state index contributed by atoms with van der Waals surface area (Å²) < 4.78 is 0. The molecule has 0 unspecified atom stereocenters. The molecule has 0 radical (unpaired) electrons. The number of amides is 1. The van der Waals surface area contributed by atoms with Crippen molar-refractivity contribution in [2.24, 2.45) is 5.10 Å². The first kappa shape index (κ1) is 18.2. The Balaban J connectivity index is 2.02. The largest absolute Gasteiger partial charge is 0.301 e. The predicted octanol–water partition coefficient (Wildman–Crippen LogP) is 3.96. The Labute approximate surface area is 157 Å². The highest BCUT2D eigenvalue weighted by Crippen LogP contribution is 2.35. The van der Waals surface area contributed by atoms with E-state index < -0.39 is 27.1 Å². The quantitative estimate of drug-likeness (QED) is 0.447. The van der Waals surface area contributed by atoms with Crippen molar-refractivity contribution < 1.29 is 14.6 Å². The maximum atomic E-state index is 12.7. The third-order valence-corrected chi connectivity index (χ3v) is 4.09. The zero-order chi connectivity index (χ0) is 19.7. The molecule has 2 aromatic rings. The number of carbonyl (C=O) groups excluding carboxylic acids is 1. The van der Waals surface area contributed by atoms with Gasteiger partial charge in [0.25, 0.3) is 11.6 Å². The van der Waals surface area contributed by atoms with Gasteiger partial charge in [-0.05, 0) is 36.8 Å². The van der Waals surface area contributed by atoms with Gasteiger partial charge in [-0.1, -0.05) is 23.7 Å². The van der Waals surface area contributed by atoms with Crippen molar-refractivity contribution in [3.8, 4) is 0 Å². The number of hydrogen-bond acceptors (Lipinski definition) is 6. The Morgan fingerprint density at radius 2 is 1.74 bits per heavy atom. The summed E-state index contributed by atoms with van der Waals surface area (Å²) in [5.41, 5.74) is 0.149. The Morgan fingerprint density at radius 3 is 2.33 bits per heavy atom. The van der Waals surface area contributed by atoms with Crippen LogP contribution < -0.4 is 5.01 Å². The molecule has 0 saturated carbocycles. The van der Waals surface area contributed by atoms with Crippen molar-refractivity contribution in [2.75, 3.05) is 5.01 Å². The summed E-state index contributed by atoms with van der Waals surface area (Å²) >= 11 is 5.84. The number of non-ortho nitro benzene ring substituents is 1. The highest BCUT2D eigenvalue weighted by Gasteiger charge is 2.34. The first-order valence-corrected chi connectivity index (χ1v) is 7.96. The highest BCUT2D eigenvalue weighted by molar-refractivity contribution is 6.32. The summed E-state index contributed by atoms with van der Waals surface area (Å²) in [7, 11) is 0. The van der Waals surface area contributed by atoms with Gasteiger partial charge in [0.2, 0.25) is 0 Å². The van der Waals surface area contributed by atoms with E-state index in [1.807, 2.05) is 0 Å². The van der Waals surface area contributed by atoms with E-state index >= 15 is 0 Å². The third-order valence-electron chi connectivity index (χ3n) is 3.84. The Kier molecular flexibility index (Phi) is 4.70. The number of anilines is 1. The van der Waals surface area contributed by atoms with Crippen LogP contribution in [0.1, 0.15) is 12.5 Å². The van der Waals surface area contributed by atoms with Crippen molar-refractivity contribution in [3.63, 3.8) is 0 Å². The van der Waals surface area contributed by atoms with Crippen LogP contribution in [0.5, 0.6) is 0 Å². The number of hydrazone groups is 1. The smallest absolute Gasteiger partial charge is 0.267 e. The molecule has 0 bridgehead atoms. The molecule has 0 atom stereocenters. The lowest BCUT2D eigenvalue weighted by Crippen LogP contribution is -2.22. The van der Waals surface area contributed by atoms with Gasteiger partial charge in [-0.25, -0.2) is 0 Å². The van der Waals surface area contributed by atoms with Crippen LogP contribution in [-0.4, -0.2) is 21.5 Å². The van der Waals surface area contributed by atoms with Gasteiger partial charge in [-0.2, -0.15) is 10.1 Å². The van der Waals surface area contributed by atoms with Crippen LogP contribution in [0.15, 0.2) is 53.1 Å². The summed E-state index contributed by atoms with van der Waals surface area (Å²) in [5.74, 6) is -0.570. The average Bonchev–Trinajstić information content (AvgIpc) is 2.91. The van der Waals surface area contributed by atoms with Crippen LogP contribution in [0.3, 0.4) is 0 Å². The summed E-state index contributed by atoms with van der Waals surface area (Å²) in [6.45, 7) is 1.59.